The number of nitrogens with one attached hydrogen (secondary N) is 1. The summed E-state index contributed by atoms with van der Waals surface area (Å²) >= 11 is 0. The monoisotopic (exact) mass is 375 g/mol. The largest absolute Gasteiger partial charge is 0.380 e. The third-order valence-electron chi connectivity index (χ3n) is 5.81. The van der Waals surface area contributed by atoms with Crippen molar-refractivity contribution in [1.29, 1.82) is 5.26 Å². The van der Waals surface area contributed by atoms with Gasteiger partial charge in [-0.25, -0.2) is 0 Å². The predicted molar refractivity (Wildman–Crippen MR) is 114 cm³/mol. The molecule has 1 aliphatic carbocycles. The summed E-state index contributed by atoms with van der Waals surface area (Å²) in [5, 5.41) is 12.8. The van der Waals surface area contributed by atoms with E-state index in [0.29, 0.717) is 12.1 Å². The van der Waals surface area contributed by atoms with Gasteiger partial charge in [0.05, 0.1) is 16.9 Å². The predicted octanol–water partition coefficient (Wildman–Crippen LogP) is 3.71. The molecular weight excluding hydrogens is 346 g/mol. The molecule has 1 saturated heterocycles. The van der Waals surface area contributed by atoms with Crippen molar-refractivity contribution < 1.29 is 0 Å². The van der Waals surface area contributed by atoms with Crippen molar-refractivity contribution in [1.82, 2.24) is 9.88 Å². The molecule has 0 atom stereocenters. The van der Waals surface area contributed by atoms with Gasteiger partial charge in [0.2, 0.25) is 0 Å². The van der Waals surface area contributed by atoms with E-state index in [2.05, 4.69) is 50.4 Å². The number of nitrogens with zero attached hydrogens (tertiary/aromatic N) is 4. The highest BCUT2D eigenvalue weighted by molar-refractivity contribution is 5.60. The van der Waals surface area contributed by atoms with Crippen molar-refractivity contribution >= 4 is 11.4 Å². The molecule has 5 nitrogen and oxygen atoms in total. The first-order chi connectivity index (χ1) is 13.6. The number of pyridine rings is 1. The molecule has 5 heteroatoms. The molecular formula is C23H29N5. The second-order valence-electron chi connectivity index (χ2n) is 8.13. The van der Waals surface area contributed by atoms with Gasteiger partial charge in [0.15, 0.2) is 0 Å². The number of aromatic nitrogens is 1. The molecule has 2 fully saturated rings. The summed E-state index contributed by atoms with van der Waals surface area (Å²) < 4.78 is 0. The minimum Gasteiger partial charge on any atom is -0.380 e. The molecule has 4 rings (SSSR count). The molecule has 1 aliphatic heterocycles. The van der Waals surface area contributed by atoms with Crippen LogP contribution in [0.4, 0.5) is 11.4 Å². The van der Waals surface area contributed by atoms with Crippen LogP contribution in [0.3, 0.4) is 0 Å². The summed E-state index contributed by atoms with van der Waals surface area (Å²) in [5.41, 5.74) is 5.72. The van der Waals surface area contributed by atoms with Crippen molar-refractivity contribution in [2.45, 2.75) is 33.2 Å². The minimum absolute atomic E-state index is 0.631. The Labute approximate surface area is 168 Å². The molecule has 0 amide bonds. The number of hydrogen-bond donors (Lipinski definition) is 1. The molecule has 0 radical (unpaired) electrons. The van der Waals surface area contributed by atoms with Gasteiger partial charge in [-0.3, -0.25) is 9.88 Å². The zero-order chi connectivity index (χ0) is 19.5. The zero-order valence-electron chi connectivity index (χ0n) is 16.9. The second-order valence-corrected chi connectivity index (χ2v) is 8.13. The van der Waals surface area contributed by atoms with E-state index in [1.165, 1.54) is 43.7 Å². The number of hydrogen-bond acceptors (Lipinski definition) is 5. The van der Waals surface area contributed by atoms with Crippen LogP contribution < -0.4 is 10.2 Å². The average Bonchev–Trinajstić information content (AvgIpc) is 3.51. The molecule has 1 aromatic carbocycles. The van der Waals surface area contributed by atoms with Crippen LogP contribution in [-0.2, 0) is 6.54 Å². The highest BCUT2D eigenvalue weighted by atomic mass is 15.3. The Morgan fingerprint density at radius 2 is 1.82 bits per heavy atom. The highest BCUT2D eigenvalue weighted by Gasteiger charge is 2.26. The number of piperazine rings is 1. The lowest BCUT2D eigenvalue weighted by Gasteiger charge is -2.36. The maximum atomic E-state index is 9.40. The fourth-order valence-corrected chi connectivity index (χ4v) is 3.99. The molecule has 0 unspecified atom stereocenters. The normalized spacial score (nSPS) is 17.4. The van der Waals surface area contributed by atoms with Crippen molar-refractivity contribution in [2.24, 2.45) is 5.92 Å². The maximum absolute atomic E-state index is 9.40. The van der Waals surface area contributed by atoms with E-state index in [9.17, 15) is 5.26 Å². The Morgan fingerprint density at radius 1 is 1.11 bits per heavy atom. The summed E-state index contributed by atoms with van der Waals surface area (Å²) in [6.07, 6.45) is 2.87. The van der Waals surface area contributed by atoms with E-state index in [4.69, 9.17) is 0 Å². The van der Waals surface area contributed by atoms with E-state index in [1.54, 1.807) is 0 Å². The standard InChI is InChI=1S/C23H29N5/c1-17-13-23(22(14-24)18(2)26-17)25-15-19-5-7-21(8-6-19)28-11-9-27(10-12-28)16-20-3-4-20/h5-8,13,20H,3-4,9-12,15-16H2,1-2H3,(H,25,26). The molecule has 2 aromatic rings. The van der Waals surface area contributed by atoms with E-state index in [-0.39, 0.29) is 0 Å². The first-order valence-corrected chi connectivity index (χ1v) is 10.3. The van der Waals surface area contributed by atoms with Crippen LogP contribution in [0.15, 0.2) is 30.3 Å². The molecule has 0 spiro atoms. The lowest BCUT2D eigenvalue weighted by molar-refractivity contribution is 0.248. The highest BCUT2D eigenvalue weighted by Crippen LogP contribution is 2.30. The molecule has 2 heterocycles. The Kier molecular flexibility index (Phi) is 5.50. The van der Waals surface area contributed by atoms with Gasteiger partial charge in [0, 0.05) is 50.6 Å². The molecule has 1 N–H and O–H groups in total. The molecule has 0 bridgehead atoms. The van der Waals surface area contributed by atoms with Gasteiger partial charge in [-0.2, -0.15) is 5.26 Å². The Hall–Kier alpha value is -2.58. The fourth-order valence-electron chi connectivity index (χ4n) is 3.99. The topological polar surface area (TPSA) is 55.2 Å². The Balaban J connectivity index is 1.33. The smallest absolute Gasteiger partial charge is 0.103 e. The summed E-state index contributed by atoms with van der Waals surface area (Å²) in [6.45, 7) is 10.4. The number of aryl methyl sites for hydroxylation is 2. The Morgan fingerprint density at radius 3 is 2.46 bits per heavy atom. The van der Waals surface area contributed by atoms with Crippen molar-refractivity contribution in [3.8, 4) is 6.07 Å². The van der Waals surface area contributed by atoms with E-state index in [1.807, 2.05) is 19.9 Å². The van der Waals surface area contributed by atoms with Crippen LogP contribution in [0.2, 0.25) is 0 Å². The maximum Gasteiger partial charge on any atom is 0.103 e. The quantitative estimate of drug-likeness (QED) is 0.834. The first kappa shape index (κ1) is 18.8. The molecule has 2 aliphatic rings. The summed E-state index contributed by atoms with van der Waals surface area (Å²) in [7, 11) is 0. The Bertz CT molecular complexity index is 856. The van der Waals surface area contributed by atoms with Crippen molar-refractivity contribution in [3.05, 3.63) is 52.8 Å². The van der Waals surface area contributed by atoms with Gasteiger partial charge < -0.3 is 10.2 Å². The van der Waals surface area contributed by atoms with Crippen LogP contribution in [0.25, 0.3) is 0 Å². The number of nitriles is 1. The number of anilines is 2. The summed E-state index contributed by atoms with van der Waals surface area (Å²) in [5.74, 6) is 0.979. The van der Waals surface area contributed by atoms with Crippen molar-refractivity contribution in [3.63, 3.8) is 0 Å². The number of rotatable bonds is 6. The van der Waals surface area contributed by atoms with E-state index < -0.39 is 0 Å². The summed E-state index contributed by atoms with van der Waals surface area (Å²) in [4.78, 5) is 9.49. The third-order valence-corrected chi connectivity index (χ3v) is 5.81. The second kappa shape index (κ2) is 8.20. The van der Waals surface area contributed by atoms with Crippen LogP contribution in [0, 0.1) is 31.1 Å². The lowest BCUT2D eigenvalue weighted by Crippen LogP contribution is -2.47. The average molecular weight is 376 g/mol. The van der Waals surface area contributed by atoms with Gasteiger partial charge in [0.25, 0.3) is 0 Å². The fraction of sp³-hybridized carbons (Fsp3) is 0.478. The summed E-state index contributed by atoms with van der Waals surface area (Å²) in [6, 6.07) is 13.0. The van der Waals surface area contributed by atoms with Gasteiger partial charge >= 0.3 is 0 Å². The van der Waals surface area contributed by atoms with E-state index in [0.717, 1.165) is 36.1 Å². The molecule has 1 saturated carbocycles. The lowest BCUT2D eigenvalue weighted by atomic mass is 10.1. The van der Waals surface area contributed by atoms with Crippen LogP contribution >= 0.6 is 0 Å². The van der Waals surface area contributed by atoms with Gasteiger partial charge in [-0.05, 0) is 56.4 Å². The molecule has 28 heavy (non-hydrogen) atoms. The number of benzene rings is 1. The van der Waals surface area contributed by atoms with Crippen LogP contribution in [-0.4, -0.2) is 42.6 Å². The van der Waals surface area contributed by atoms with Gasteiger partial charge in [0.1, 0.15) is 6.07 Å². The van der Waals surface area contributed by atoms with Gasteiger partial charge in [-0.15, -0.1) is 0 Å². The SMILES string of the molecule is Cc1cc(NCc2ccc(N3CCN(CC4CC4)CC3)cc2)c(C#N)c(C)n1. The minimum atomic E-state index is 0.631. The molecule has 146 valence electrons. The van der Waals surface area contributed by atoms with Crippen LogP contribution in [0.1, 0.15) is 35.4 Å². The van der Waals surface area contributed by atoms with Gasteiger partial charge in [-0.1, -0.05) is 12.1 Å². The molecule has 1 aromatic heterocycles. The third kappa shape index (κ3) is 4.45. The first-order valence-electron chi connectivity index (χ1n) is 10.3. The van der Waals surface area contributed by atoms with Crippen molar-refractivity contribution in [2.75, 3.05) is 42.9 Å². The zero-order valence-corrected chi connectivity index (χ0v) is 16.9. The van der Waals surface area contributed by atoms with Crippen LogP contribution in [0.5, 0.6) is 0 Å². The van der Waals surface area contributed by atoms with E-state index >= 15 is 0 Å².